The number of benzene rings is 2. The van der Waals surface area contributed by atoms with Crippen LogP contribution in [0.1, 0.15) is 37.1 Å². The van der Waals surface area contributed by atoms with Gasteiger partial charge in [-0.05, 0) is 67.8 Å². The van der Waals surface area contributed by atoms with E-state index in [9.17, 15) is 9.18 Å². The summed E-state index contributed by atoms with van der Waals surface area (Å²) in [7, 11) is 0. The van der Waals surface area contributed by atoms with Gasteiger partial charge in [0.2, 0.25) is 5.91 Å². The summed E-state index contributed by atoms with van der Waals surface area (Å²) in [4.78, 5) is 17.3. The monoisotopic (exact) mass is 491 g/mol. The van der Waals surface area contributed by atoms with Crippen molar-refractivity contribution in [2.75, 3.05) is 31.9 Å². The van der Waals surface area contributed by atoms with Crippen molar-refractivity contribution in [1.82, 2.24) is 24.6 Å². The Morgan fingerprint density at radius 1 is 0.943 bits per heavy atom. The first kappa shape index (κ1) is 23.8. The molecule has 2 aromatic carbocycles. The molecule has 3 heterocycles. The van der Waals surface area contributed by atoms with E-state index in [0.717, 1.165) is 31.0 Å². The zero-order valence-electron chi connectivity index (χ0n) is 19.8. The number of carbonyl (C=O) groups excluding carboxylic acids is 1. The van der Waals surface area contributed by atoms with E-state index in [1.165, 1.54) is 54.3 Å². The predicted octanol–water partition coefficient (Wildman–Crippen LogP) is 4.80. The number of rotatable bonds is 7. The molecular formula is C27H30FN5OS. The van der Waals surface area contributed by atoms with E-state index in [2.05, 4.69) is 33.3 Å². The first-order valence-electron chi connectivity index (χ1n) is 12.2. The molecule has 5 rings (SSSR count). The molecule has 35 heavy (non-hydrogen) atoms. The molecule has 2 aliphatic rings. The fourth-order valence-electron chi connectivity index (χ4n) is 4.69. The molecule has 1 aromatic heterocycles. The van der Waals surface area contributed by atoms with Gasteiger partial charge in [-0.1, -0.05) is 54.6 Å². The van der Waals surface area contributed by atoms with Crippen LogP contribution in [-0.4, -0.2) is 62.4 Å². The third-order valence-corrected chi connectivity index (χ3v) is 7.54. The van der Waals surface area contributed by atoms with Crippen LogP contribution in [0.5, 0.6) is 0 Å². The van der Waals surface area contributed by atoms with E-state index in [0.29, 0.717) is 24.8 Å². The number of carbonyl (C=O) groups is 1. The van der Waals surface area contributed by atoms with E-state index in [1.807, 2.05) is 27.7 Å². The summed E-state index contributed by atoms with van der Waals surface area (Å²) < 4.78 is 15.6. The van der Waals surface area contributed by atoms with E-state index in [4.69, 9.17) is 0 Å². The maximum absolute atomic E-state index is 13.6. The Hall–Kier alpha value is -2.97. The Labute approximate surface area is 209 Å². The average Bonchev–Trinajstić information content (AvgIpc) is 3.31. The van der Waals surface area contributed by atoms with E-state index < -0.39 is 0 Å². The quantitative estimate of drug-likeness (QED) is 0.445. The smallest absolute Gasteiger partial charge is 0.233 e. The number of aromatic nitrogens is 3. The van der Waals surface area contributed by atoms with Crippen LogP contribution in [-0.2, 0) is 11.3 Å². The van der Waals surface area contributed by atoms with Crippen molar-refractivity contribution in [3.63, 3.8) is 0 Å². The van der Waals surface area contributed by atoms with Crippen LogP contribution in [0.4, 0.5) is 4.39 Å². The van der Waals surface area contributed by atoms with Crippen molar-refractivity contribution >= 4 is 23.2 Å². The second-order valence-corrected chi connectivity index (χ2v) is 9.96. The molecule has 182 valence electrons. The minimum atomic E-state index is -0.281. The third kappa shape index (κ3) is 5.82. The summed E-state index contributed by atoms with van der Waals surface area (Å²) in [6.45, 7) is 4.12. The molecule has 1 amide bonds. The molecule has 0 N–H and O–H groups in total. The summed E-state index contributed by atoms with van der Waals surface area (Å²) in [5, 5.41) is 9.55. The maximum atomic E-state index is 13.6. The summed E-state index contributed by atoms with van der Waals surface area (Å²) in [6.07, 6.45) is 6.66. The number of hydrogen-bond acceptors (Lipinski definition) is 5. The molecule has 1 saturated heterocycles. The molecule has 3 aromatic rings. The molecular weight excluding hydrogens is 461 g/mol. The number of piperidine rings is 1. The van der Waals surface area contributed by atoms with E-state index in [1.54, 1.807) is 12.1 Å². The highest BCUT2D eigenvalue weighted by Crippen LogP contribution is 2.26. The van der Waals surface area contributed by atoms with Crippen molar-refractivity contribution in [1.29, 1.82) is 0 Å². The fourth-order valence-corrected chi connectivity index (χ4v) is 5.56. The zero-order chi connectivity index (χ0) is 24.0. The first-order chi connectivity index (χ1) is 17.2. The van der Waals surface area contributed by atoms with Gasteiger partial charge < -0.3 is 4.90 Å². The number of halogens is 1. The summed E-state index contributed by atoms with van der Waals surface area (Å²) in [5.74, 6) is 0.917. The molecule has 0 aliphatic carbocycles. The van der Waals surface area contributed by atoms with Gasteiger partial charge in [0.15, 0.2) is 11.0 Å². The fraction of sp³-hybridized carbons (Fsp3) is 0.370. The lowest BCUT2D eigenvalue weighted by molar-refractivity contribution is -0.127. The molecule has 6 nitrogen and oxygen atoms in total. The number of amides is 1. The molecule has 0 saturated carbocycles. The van der Waals surface area contributed by atoms with Crippen molar-refractivity contribution in [2.24, 2.45) is 0 Å². The van der Waals surface area contributed by atoms with Crippen molar-refractivity contribution in [2.45, 2.75) is 37.4 Å². The minimum absolute atomic E-state index is 0.0876. The van der Waals surface area contributed by atoms with Gasteiger partial charge in [-0.2, -0.15) is 0 Å². The van der Waals surface area contributed by atoms with Crippen LogP contribution in [0, 0.1) is 5.82 Å². The minimum Gasteiger partial charge on any atom is -0.338 e. The van der Waals surface area contributed by atoms with Gasteiger partial charge >= 0.3 is 0 Å². The van der Waals surface area contributed by atoms with Crippen LogP contribution in [0.3, 0.4) is 0 Å². The first-order valence-corrected chi connectivity index (χ1v) is 13.2. The Kier molecular flexibility index (Phi) is 7.59. The molecule has 0 atom stereocenters. The number of thioether (sulfide) groups is 1. The predicted molar refractivity (Wildman–Crippen MR) is 137 cm³/mol. The average molecular weight is 492 g/mol. The largest absolute Gasteiger partial charge is 0.338 e. The molecule has 0 spiro atoms. The van der Waals surface area contributed by atoms with E-state index >= 15 is 0 Å². The van der Waals surface area contributed by atoms with Gasteiger partial charge in [-0.25, -0.2) is 4.39 Å². The van der Waals surface area contributed by atoms with Crippen molar-refractivity contribution in [3.8, 4) is 5.69 Å². The van der Waals surface area contributed by atoms with Crippen LogP contribution < -0.4 is 0 Å². The lowest BCUT2D eigenvalue weighted by atomic mass is 10.00. The lowest BCUT2D eigenvalue weighted by Gasteiger charge is -2.27. The van der Waals surface area contributed by atoms with Crippen LogP contribution in [0.15, 0.2) is 65.8 Å². The van der Waals surface area contributed by atoms with Crippen LogP contribution >= 0.6 is 11.8 Å². The number of hydrogen-bond donors (Lipinski definition) is 0. The van der Waals surface area contributed by atoms with E-state index in [-0.39, 0.29) is 17.5 Å². The Morgan fingerprint density at radius 2 is 1.71 bits per heavy atom. The second-order valence-electron chi connectivity index (χ2n) is 9.02. The molecule has 0 radical (unpaired) electrons. The van der Waals surface area contributed by atoms with Crippen molar-refractivity contribution < 1.29 is 9.18 Å². The number of likely N-dealkylation sites (tertiary alicyclic amines) is 1. The topological polar surface area (TPSA) is 54.3 Å². The molecule has 1 fully saturated rings. The Morgan fingerprint density at radius 3 is 2.43 bits per heavy atom. The van der Waals surface area contributed by atoms with Gasteiger partial charge in [-0.3, -0.25) is 14.3 Å². The summed E-state index contributed by atoms with van der Waals surface area (Å²) >= 11 is 1.39. The van der Waals surface area contributed by atoms with Gasteiger partial charge in [0.05, 0.1) is 12.3 Å². The second kappa shape index (κ2) is 11.2. The van der Waals surface area contributed by atoms with Crippen molar-refractivity contribution in [3.05, 3.63) is 77.9 Å². The maximum Gasteiger partial charge on any atom is 0.233 e. The third-order valence-electron chi connectivity index (χ3n) is 6.63. The number of nitrogens with zero attached hydrogens (tertiary/aromatic N) is 5. The highest BCUT2D eigenvalue weighted by Gasteiger charge is 2.22. The van der Waals surface area contributed by atoms with Crippen LogP contribution in [0.2, 0.25) is 0 Å². The highest BCUT2D eigenvalue weighted by atomic mass is 32.2. The summed E-state index contributed by atoms with van der Waals surface area (Å²) in [6, 6.07) is 16.7. The standard InChI is InChI=1S/C27H30FN5OS/c28-23-9-11-24(12-10-23)33-25(19-31-15-5-2-6-16-31)29-30-27(33)35-20-26(34)32-17-13-22(14-18-32)21-7-3-1-4-8-21/h1,3-4,7-13H,2,5-6,14-20H2. The van der Waals surface area contributed by atoms with Crippen LogP contribution in [0.25, 0.3) is 11.3 Å². The van der Waals surface area contributed by atoms with Gasteiger partial charge in [0.1, 0.15) is 5.82 Å². The Bertz CT molecular complexity index is 1170. The molecule has 8 heteroatoms. The molecule has 0 bridgehead atoms. The van der Waals surface area contributed by atoms with Gasteiger partial charge in [0, 0.05) is 18.8 Å². The summed E-state index contributed by atoms with van der Waals surface area (Å²) in [5.41, 5.74) is 3.33. The molecule has 2 aliphatic heterocycles. The zero-order valence-corrected chi connectivity index (χ0v) is 20.6. The van der Waals surface area contributed by atoms with Gasteiger partial charge in [0.25, 0.3) is 0 Å². The SMILES string of the molecule is O=C(CSc1nnc(CN2CCCCC2)n1-c1ccc(F)cc1)N1CC=C(c2ccccc2)CC1. The normalized spacial score (nSPS) is 16.8. The molecule has 0 unspecified atom stereocenters. The highest BCUT2D eigenvalue weighted by molar-refractivity contribution is 7.99. The lowest BCUT2D eigenvalue weighted by Crippen LogP contribution is -2.35. The van der Waals surface area contributed by atoms with Gasteiger partial charge in [-0.15, -0.1) is 10.2 Å². The Balaban J connectivity index is 1.27.